The van der Waals surface area contributed by atoms with E-state index in [1.807, 2.05) is 0 Å². The lowest BCUT2D eigenvalue weighted by Crippen LogP contribution is -2.25. The maximum absolute atomic E-state index is 11.0. The molecule has 0 N–H and O–H groups in total. The fourth-order valence-corrected chi connectivity index (χ4v) is 1.74. The van der Waals surface area contributed by atoms with Crippen LogP contribution in [0, 0.1) is 0 Å². The van der Waals surface area contributed by atoms with Gasteiger partial charge in [-0.1, -0.05) is 11.6 Å². The number of ketones is 1. The Hall–Kier alpha value is -0.870. The predicted octanol–water partition coefficient (Wildman–Crippen LogP) is 0.811. The molecule has 0 spiro atoms. The lowest BCUT2D eigenvalue weighted by molar-refractivity contribution is -0.116. The van der Waals surface area contributed by atoms with E-state index in [2.05, 4.69) is 10.00 Å². The molecule has 5 heteroatoms. The molecule has 0 amide bonds. The maximum atomic E-state index is 11.0. The molecule has 1 fully saturated rings. The van der Waals surface area contributed by atoms with Crippen LogP contribution in [0.3, 0.4) is 0 Å². The van der Waals surface area contributed by atoms with Crippen molar-refractivity contribution in [3.05, 3.63) is 17.4 Å². The fourth-order valence-electron chi connectivity index (χ4n) is 1.59. The Labute approximate surface area is 87.4 Å². The topological polar surface area (TPSA) is 38.1 Å². The van der Waals surface area contributed by atoms with Gasteiger partial charge in [0.25, 0.3) is 0 Å². The van der Waals surface area contributed by atoms with Crippen molar-refractivity contribution in [3.63, 3.8) is 0 Å². The molecule has 0 aliphatic carbocycles. The number of hydrogen-bond acceptors (Lipinski definition) is 3. The zero-order valence-corrected chi connectivity index (χ0v) is 8.57. The van der Waals surface area contributed by atoms with E-state index in [0.717, 1.165) is 19.6 Å². The number of rotatable bonds is 3. The third-order valence-electron chi connectivity index (χ3n) is 2.35. The molecule has 1 saturated heterocycles. The van der Waals surface area contributed by atoms with Gasteiger partial charge in [0.05, 0.1) is 24.3 Å². The summed E-state index contributed by atoms with van der Waals surface area (Å²) >= 11 is 5.73. The Morgan fingerprint density at radius 2 is 2.36 bits per heavy atom. The summed E-state index contributed by atoms with van der Waals surface area (Å²) in [4.78, 5) is 13.1. The zero-order valence-electron chi connectivity index (χ0n) is 7.82. The van der Waals surface area contributed by atoms with Crippen molar-refractivity contribution >= 4 is 17.4 Å². The number of hydrogen-bond donors (Lipinski definition) is 0. The van der Waals surface area contributed by atoms with Crippen molar-refractivity contribution in [3.8, 4) is 0 Å². The van der Waals surface area contributed by atoms with Gasteiger partial charge in [-0.3, -0.25) is 14.4 Å². The summed E-state index contributed by atoms with van der Waals surface area (Å²) in [7, 11) is 0. The molecule has 0 unspecified atom stereocenters. The zero-order chi connectivity index (χ0) is 9.97. The Morgan fingerprint density at radius 3 is 2.93 bits per heavy atom. The predicted molar refractivity (Wildman–Crippen MR) is 53.3 cm³/mol. The van der Waals surface area contributed by atoms with Crippen molar-refractivity contribution in [1.29, 1.82) is 0 Å². The van der Waals surface area contributed by atoms with Crippen molar-refractivity contribution < 1.29 is 4.79 Å². The lowest BCUT2D eigenvalue weighted by Gasteiger charge is -2.12. The van der Waals surface area contributed by atoms with Crippen molar-refractivity contribution in [2.24, 2.45) is 0 Å². The van der Waals surface area contributed by atoms with Gasteiger partial charge in [0.2, 0.25) is 0 Å². The molecule has 1 aromatic rings. The normalized spacial score (nSPS) is 17.9. The van der Waals surface area contributed by atoms with Crippen LogP contribution in [-0.2, 0) is 11.3 Å². The first-order valence-corrected chi connectivity index (χ1v) is 5.04. The van der Waals surface area contributed by atoms with Crippen LogP contribution in [0.1, 0.15) is 6.42 Å². The second-order valence-corrected chi connectivity index (χ2v) is 3.92. The second kappa shape index (κ2) is 4.11. The molecule has 0 radical (unpaired) electrons. The molecule has 0 atom stereocenters. The van der Waals surface area contributed by atoms with E-state index in [-0.39, 0.29) is 0 Å². The second-order valence-electron chi connectivity index (χ2n) is 3.49. The van der Waals surface area contributed by atoms with Gasteiger partial charge >= 0.3 is 0 Å². The highest BCUT2D eigenvalue weighted by Gasteiger charge is 2.18. The highest BCUT2D eigenvalue weighted by Crippen LogP contribution is 2.06. The number of Topliss-reactive ketones (excluding diaryl/α,β-unsaturated/α-hetero) is 1. The van der Waals surface area contributed by atoms with Gasteiger partial charge in [-0.15, -0.1) is 0 Å². The monoisotopic (exact) mass is 213 g/mol. The molecular formula is C9H12ClN3O. The summed E-state index contributed by atoms with van der Waals surface area (Å²) in [5, 5.41) is 4.72. The van der Waals surface area contributed by atoms with Crippen molar-refractivity contribution in [1.82, 2.24) is 14.7 Å². The minimum Gasteiger partial charge on any atom is -0.298 e. The summed E-state index contributed by atoms with van der Waals surface area (Å²) < 4.78 is 1.80. The first kappa shape index (κ1) is 9.68. The van der Waals surface area contributed by atoms with Crippen LogP contribution in [0.4, 0.5) is 0 Å². The first-order valence-electron chi connectivity index (χ1n) is 4.66. The van der Waals surface area contributed by atoms with Crippen molar-refractivity contribution in [2.75, 3.05) is 19.6 Å². The Kier molecular flexibility index (Phi) is 2.84. The van der Waals surface area contributed by atoms with Gasteiger partial charge < -0.3 is 0 Å². The van der Waals surface area contributed by atoms with E-state index in [1.54, 1.807) is 17.1 Å². The van der Waals surface area contributed by atoms with Crippen LogP contribution in [0.5, 0.6) is 0 Å². The Bertz CT molecular complexity index is 337. The summed E-state index contributed by atoms with van der Waals surface area (Å²) in [6.45, 7) is 3.13. The Morgan fingerprint density at radius 1 is 1.50 bits per heavy atom. The summed E-state index contributed by atoms with van der Waals surface area (Å²) in [5.74, 6) is 0.337. The van der Waals surface area contributed by atoms with Gasteiger partial charge in [-0.25, -0.2) is 0 Å². The highest BCUT2D eigenvalue weighted by molar-refractivity contribution is 6.30. The maximum Gasteiger partial charge on any atom is 0.148 e. The number of carbonyl (C=O) groups is 1. The largest absolute Gasteiger partial charge is 0.298 e. The van der Waals surface area contributed by atoms with Crippen LogP contribution < -0.4 is 0 Å². The fraction of sp³-hybridized carbons (Fsp3) is 0.556. The standard InChI is InChI=1S/C9H12ClN3O/c10-8-5-11-13(6-8)4-3-12-2-1-9(14)7-12/h5-6H,1-4,7H2. The van der Waals surface area contributed by atoms with Gasteiger partial charge in [0.15, 0.2) is 0 Å². The quantitative estimate of drug-likeness (QED) is 0.746. The number of nitrogens with zero attached hydrogens (tertiary/aromatic N) is 3. The number of aromatic nitrogens is 2. The van der Waals surface area contributed by atoms with E-state index in [1.165, 1.54) is 0 Å². The minimum atomic E-state index is 0.337. The molecule has 2 heterocycles. The average Bonchev–Trinajstić information content (AvgIpc) is 2.72. The molecule has 0 aromatic carbocycles. The molecule has 1 aliphatic heterocycles. The number of likely N-dealkylation sites (tertiary alicyclic amines) is 1. The molecule has 1 aromatic heterocycles. The van der Waals surface area contributed by atoms with Gasteiger partial charge in [0.1, 0.15) is 5.78 Å². The molecule has 14 heavy (non-hydrogen) atoms. The third-order valence-corrected chi connectivity index (χ3v) is 2.55. The van der Waals surface area contributed by atoms with Crippen LogP contribution in [0.15, 0.2) is 12.4 Å². The molecule has 2 rings (SSSR count). The minimum absolute atomic E-state index is 0.337. The van der Waals surface area contributed by atoms with E-state index >= 15 is 0 Å². The van der Waals surface area contributed by atoms with Crippen molar-refractivity contribution in [2.45, 2.75) is 13.0 Å². The van der Waals surface area contributed by atoms with E-state index < -0.39 is 0 Å². The average molecular weight is 214 g/mol. The van der Waals surface area contributed by atoms with Gasteiger partial charge in [-0.2, -0.15) is 5.10 Å². The van der Waals surface area contributed by atoms with Gasteiger partial charge in [0, 0.05) is 25.7 Å². The molecule has 76 valence electrons. The number of carbonyl (C=O) groups excluding carboxylic acids is 1. The summed E-state index contributed by atoms with van der Waals surface area (Å²) in [5.41, 5.74) is 0. The van der Waals surface area contributed by atoms with Crippen LogP contribution in [-0.4, -0.2) is 40.1 Å². The molecule has 0 saturated carbocycles. The number of halogens is 1. The Balaban J connectivity index is 1.80. The lowest BCUT2D eigenvalue weighted by atomic mass is 10.4. The first-order chi connectivity index (χ1) is 6.74. The summed E-state index contributed by atoms with van der Waals surface area (Å²) in [6, 6.07) is 0. The van der Waals surface area contributed by atoms with Gasteiger partial charge in [-0.05, 0) is 0 Å². The SMILES string of the molecule is O=C1CCN(CCn2cc(Cl)cn2)C1. The van der Waals surface area contributed by atoms with Crippen LogP contribution in [0.2, 0.25) is 5.02 Å². The highest BCUT2D eigenvalue weighted by atomic mass is 35.5. The molecular weight excluding hydrogens is 202 g/mol. The van der Waals surface area contributed by atoms with E-state index in [9.17, 15) is 4.79 Å². The van der Waals surface area contributed by atoms with Crippen LogP contribution >= 0.6 is 11.6 Å². The summed E-state index contributed by atoms with van der Waals surface area (Å²) in [6.07, 6.45) is 4.11. The van der Waals surface area contributed by atoms with E-state index in [4.69, 9.17) is 11.6 Å². The van der Waals surface area contributed by atoms with E-state index in [0.29, 0.717) is 23.8 Å². The molecule has 4 nitrogen and oxygen atoms in total. The van der Waals surface area contributed by atoms with Crippen LogP contribution in [0.25, 0.3) is 0 Å². The smallest absolute Gasteiger partial charge is 0.148 e. The molecule has 0 bridgehead atoms. The molecule has 1 aliphatic rings. The third kappa shape index (κ3) is 2.33.